The first-order valence-electron chi connectivity index (χ1n) is 18.0. The maximum atomic E-state index is 13.9. The van der Waals surface area contributed by atoms with Crippen LogP contribution in [0.4, 0.5) is 46.5 Å². The average molecular weight is 910 g/mol. The molecule has 0 saturated carbocycles. The van der Waals surface area contributed by atoms with Crippen molar-refractivity contribution in [2.24, 2.45) is 0 Å². The fourth-order valence-electron chi connectivity index (χ4n) is 4.86. The van der Waals surface area contributed by atoms with Gasteiger partial charge < -0.3 is 30.4 Å². The first-order valence-corrected chi connectivity index (χ1v) is 18.8. The van der Waals surface area contributed by atoms with Crippen molar-refractivity contribution in [3.05, 3.63) is 108 Å². The lowest BCUT2D eigenvalue weighted by Crippen LogP contribution is -2.65. The van der Waals surface area contributed by atoms with Gasteiger partial charge in [0, 0.05) is 35.3 Å². The third-order valence-corrected chi connectivity index (χ3v) is 8.74. The molecule has 0 aromatic heterocycles. The van der Waals surface area contributed by atoms with Gasteiger partial charge in [-0.15, -0.1) is 0 Å². The van der Waals surface area contributed by atoms with Gasteiger partial charge in [-0.3, -0.25) is 19.2 Å². The van der Waals surface area contributed by atoms with Gasteiger partial charge in [-0.05, 0) is 133 Å². The minimum atomic E-state index is -6.47. The van der Waals surface area contributed by atoms with Gasteiger partial charge in [0.25, 0.3) is 10.5 Å². The van der Waals surface area contributed by atoms with E-state index in [2.05, 4.69) is 9.47 Å². The minimum Gasteiger partial charge on any atom is -0.487 e. The quantitative estimate of drug-likeness (QED) is 0.0206. The summed E-state index contributed by atoms with van der Waals surface area (Å²) in [5.74, 6) is -25.0. The zero-order chi connectivity index (χ0) is 45.4. The van der Waals surface area contributed by atoms with Crippen molar-refractivity contribution in [1.82, 2.24) is 0 Å². The Bertz CT molecular complexity index is 1910. The molecule has 10 nitrogen and oxygen atoms in total. The number of ether oxygens (including phenoxy) is 4. The number of esters is 2. The molecule has 0 aliphatic heterocycles. The second-order valence-corrected chi connectivity index (χ2v) is 13.8. The molecule has 4 rings (SSSR count). The highest BCUT2D eigenvalue weighted by Crippen LogP contribution is 2.52. The molecule has 4 N–H and O–H groups in total. The first-order chi connectivity index (χ1) is 28.5. The summed E-state index contributed by atoms with van der Waals surface area (Å²) >= 11 is 10.7. The van der Waals surface area contributed by atoms with Crippen LogP contribution in [-0.4, -0.2) is 59.3 Å². The van der Waals surface area contributed by atoms with Crippen LogP contribution < -0.4 is 30.4 Å². The van der Waals surface area contributed by atoms with Crippen molar-refractivity contribution in [1.29, 1.82) is 0 Å². The molecule has 0 unspecified atom stereocenters. The summed E-state index contributed by atoms with van der Waals surface area (Å²) in [4.78, 5) is 45.7. The Morgan fingerprint density at radius 3 is 1.02 bits per heavy atom. The van der Waals surface area contributed by atoms with Crippen LogP contribution in [0.3, 0.4) is 0 Å². The predicted octanol–water partition coefficient (Wildman–Crippen LogP) is 10.5. The summed E-state index contributed by atoms with van der Waals surface area (Å²) in [6.45, 7) is -4.57. The van der Waals surface area contributed by atoms with Gasteiger partial charge in [0.1, 0.15) is 23.0 Å². The van der Waals surface area contributed by atoms with Gasteiger partial charge >= 0.3 is 35.6 Å². The van der Waals surface area contributed by atoms with E-state index in [1.54, 1.807) is 0 Å². The zero-order valence-corrected chi connectivity index (χ0v) is 33.3. The lowest BCUT2D eigenvalue weighted by molar-refractivity contribution is -0.371. The molecule has 4 aromatic carbocycles. The van der Waals surface area contributed by atoms with Gasteiger partial charge in [-0.25, -0.2) is 0 Å². The smallest absolute Gasteiger partial charge is 0.381 e. The fourth-order valence-corrected chi connectivity index (χ4v) is 5.11. The van der Waals surface area contributed by atoms with Crippen LogP contribution >= 0.6 is 23.2 Å². The number of carbonyl (C=O) groups excluding carboxylic acids is 4. The molecule has 0 amide bonds. The number of nitrogen functional groups attached to an aromatic ring is 2. The largest absolute Gasteiger partial charge is 0.487 e. The maximum Gasteiger partial charge on any atom is 0.381 e. The summed E-state index contributed by atoms with van der Waals surface area (Å²) in [5, 5.41) is -1.13. The van der Waals surface area contributed by atoms with Crippen molar-refractivity contribution in [3.63, 3.8) is 0 Å². The van der Waals surface area contributed by atoms with E-state index in [0.717, 1.165) is 43.5 Å². The molecular formula is C41H38Cl2F8N2O8. The second kappa shape index (κ2) is 22.3. The van der Waals surface area contributed by atoms with Gasteiger partial charge in [-0.2, -0.15) is 35.1 Å². The van der Waals surface area contributed by atoms with E-state index < -0.39 is 58.9 Å². The third-order valence-electron chi connectivity index (χ3n) is 8.30. The Balaban J connectivity index is 0.000000325. The Kier molecular flexibility index (Phi) is 18.2. The van der Waals surface area contributed by atoms with Crippen LogP contribution in [0.1, 0.15) is 65.7 Å². The number of halogens is 10. The Morgan fingerprint density at radius 1 is 0.443 bits per heavy atom. The van der Waals surface area contributed by atoms with Gasteiger partial charge in [-0.1, -0.05) is 19.3 Å². The highest BCUT2D eigenvalue weighted by molar-refractivity contribution is 6.68. The number of nitrogens with two attached hydrogens (primary N) is 2. The normalized spacial score (nSPS) is 11.8. The Hall–Kier alpha value is -5.62. The molecule has 0 saturated heterocycles. The maximum absolute atomic E-state index is 13.9. The summed E-state index contributed by atoms with van der Waals surface area (Å²) in [6, 6.07) is 20.8. The predicted molar refractivity (Wildman–Crippen MR) is 209 cm³/mol. The average Bonchev–Trinajstić information content (AvgIpc) is 3.20. The summed E-state index contributed by atoms with van der Waals surface area (Å²) < 4.78 is 130. The van der Waals surface area contributed by atoms with Gasteiger partial charge in [0.05, 0.1) is 0 Å². The SMILES string of the molecule is Nc1ccc(OCC(F)(F)C(F)(F)C(F)(F)C(F)(F)COc2ccc(N)cc2)cc1.O=C(CCCCCCCC(=O)Oc1ccc(C(=O)Cl)cc1)Oc1ccc(C(=O)Cl)cc1. The number of hydrogen-bond acceptors (Lipinski definition) is 10. The van der Waals surface area contributed by atoms with Crippen LogP contribution in [0, 0.1) is 0 Å². The Labute approximate surface area is 354 Å². The number of benzene rings is 4. The molecule has 0 aliphatic rings. The van der Waals surface area contributed by atoms with Crippen LogP contribution in [0.5, 0.6) is 23.0 Å². The minimum absolute atomic E-state index is 0.187. The molecule has 0 bridgehead atoms. The van der Waals surface area contributed by atoms with Gasteiger partial charge in [0.15, 0.2) is 13.2 Å². The van der Waals surface area contributed by atoms with Crippen LogP contribution in [0.15, 0.2) is 97.1 Å². The number of rotatable bonds is 21. The summed E-state index contributed by atoms with van der Waals surface area (Å²) in [7, 11) is 0. The number of alkyl halides is 8. The van der Waals surface area contributed by atoms with E-state index in [-0.39, 0.29) is 23.3 Å². The molecule has 0 aliphatic carbocycles. The number of carbonyl (C=O) groups is 4. The van der Waals surface area contributed by atoms with Crippen molar-refractivity contribution in [2.45, 2.75) is 68.6 Å². The molecule has 0 atom stereocenters. The van der Waals surface area contributed by atoms with Crippen molar-refractivity contribution in [2.75, 3.05) is 24.7 Å². The van der Waals surface area contributed by atoms with E-state index in [4.69, 9.17) is 44.1 Å². The van der Waals surface area contributed by atoms with E-state index in [1.165, 1.54) is 72.8 Å². The van der Waals surface area contributed by atoms with E-state index in [1.807, 2.05) is 0 Å². The second-order valence-electron chi connectivity index (χ2n) is 13.1. The van der Waals surface area contributed by atoms with E-state index in [9.17, 15) is 54.3 Å². The highest BCUT2D eigenvalue weighted by Gasteiger charge is 2.81. The standard InChI is InChI=1S/C23H22Cl2O6.C18H16F8N2O2/c24-22(28)16-8-12-18(13-9-16)30-20(26)6-4-2-1-3-5-7-21(27)31-19-14-10-17(11-15-19)23(25)29;19-15(20,9-29-13-5-1-11(27)2-6-13)17(23,24)18(25,26)16(21,22)10-30-14-7-3-12(28)4-8-14/h8-15H,1-7H2;1-8H,9-10,27-28H2. The zero-order valence-electron chi connectivity index (χ0n) is 31.8. The van der Waals surface area contributed by atoms with E-state index >= 15 is 0 Å². The summed E-state index contributed by atoms with van der Waals surface area (Å²) in [6.07, 6.45) is 4.54. The lowest BCUT2D eigenvalue weighted by atomic mass is 9.99. The third kappa shape index (κ3) is 15.1. The fraction of sp³-hybridized carbons (Fsp3) is 0.317. The first kappa shape index (κ1) is 49.7. The van der Waals surface area contributed by atoms with Crippen LogP contribution in [-0.2, 0) is 9.59 Å². The topological polar surface area (TPSA) is 157 Å². The molecule has 20 heteroatoms. The molecule has 0 heterocycles. The molecular weight excluding hydrogens is 871 g/mol. The van der Waals surface area contributed by atoms with Gasteiger partial charge in [0.2, 0.25) is 0 Å². The molecule has 0 radical (unpaired) electrons. The molecule has 330 valence electrons. The number of anilines is 2. The van der Waals surface area contributed by atoms with E-state index in [0.29, 0.717) is 48.3 Å². The molecule has 61 heavy (non-hydrogen) atoms. The highest BCUT2D eigenvalue weighted by atomic mass is 35.5. The van der Waals surface area contributed by atoms with Crippen molar-refractivity contribution >= 4 is 57.0 Å². The molecule has 0 spiro atoms. The van der Waals surface area contributed by atoms with Crippen LogP contribution in [0.2, 0.25) is 0 Å². The number of unbranched alkanes of at least 4 members (excludes halogenated alkanes) is 4. The Morgan fingerprint density at radius 2 is 0.721 bits per heavy atom. The monoisotopic (exact) mass is 908 g/mol. The van der Waals surface area contributed by atoms with Crippen molar-refractivity contribution < 1.29 is 73.2 Å². The lowest BCUT2D eigenvalue weighted by Gasteiger charge is -2.36. The van der Waals surface area contributed by atoms with Crippen molar-refractivity contribution in [3.8, 4) is 23.0 Å². The van der Waals surface area contributed by atoms with Crippen LogP contribution in [0.25, 0.3) is 0 Å². The summed E-state index contributed by atoms with van der Waals surface area (Å²) in [5.41, 5.74) is 11.7. The molecule has 4 aromatic rings. The molecule has 0 fully saturated rings. The number of hydrogen-bond donors (Lipinski definition) is 2.